The van der Waals surface area contributed by atoms with Gasteiger partial charge >= 0.3 is 0 Å². The smallest absolute Gasteiger partial charge is 0.0626 e. The van der Waals surface area contributed by atoms with E-state index in [0.29, 0.717) is 0 Å². The SMILES string of the molecule is CC1(C)c2ccccc2-c2c1ccc1c2c2c3ccccc3c3ccccc3c2n1-c1ccc(-c2ccccc2)cc1. The zero-order valence-electron chi connectivity index (χ0n) is 23.7. The number of nitrogens with zero attached hydrogens (tertiary/aromatic N) is 1. The van der Waals surface area contributed by atoms with Crippen LogP contribution in [0.3, 0.4) is 0 Å². The third kappa shape index (κ3) is 3.03. The Morgan fingerprint density at radius 3 is 1.81 bits per heavy atom. The molecule has 0 N–H and O–H groups in total. The fourth-order valence-corrected chi connectivity index (χ4v) is 7.65. The zero-order valence-corrected chi connectivity index (χ0v) is 23.7. The lowest BCUT2D eigenvalue weighted by molar-refractivity contribution is 0.661. The van der Waals surface area contributed by atoms with Crippen LogP contribution < -0.4 is 0 Å². The second-order valence-corrected chi connectivity index (χ2v) is 12.1. The first-order chi connectivity index (χ1) is 20.6. The molecule has 1 nitrogen and oxygen atoms in total. The van der Waals surface area contributed by atoms with E-state index in [0.717, 1.165) is 0 Å². The summed E-state index contributed by atoms with van der Waals surface area (Å²) in [5.74, 6) is 0. The number of hydrogen-bond acceptors (Lipinski definition) is 0. The van der Waals surface area contributed by atoms with Crippen molar-refractivity contribution in [3.8, 4) is 27.9 Å². The van der Waals surface area contributed by atoms with Gasteiger partial charge in [0.1, 0.15) is 0 Å². The highest BCUT2D eigenvalue weighted by Gasteiger charge is 2.37. The number of aromatic nitrogens is 1. The largest absolute Gasteiger partial charge is 0.309 e. The molecule has 1 aromatic heterocycles. The first-order valence-corrected chi connectivity index (χ1v) is 14.8. The molecule has 8 aromatic rings. The summed E-state index contributed by atoms with van der Waals surface area (Å²) in [4.78, 5) is 0. The molecule has 9 rings (SSSR count). The van der Waals surface area contributed by atoms with Gasteiger partial charge in [-0.2, -0.15) is 0 Å². The Labute approximate surface area is 245 Å². The van der Waals surface area contributed by atoms with Crippen molar-refractivity contribution in [2.75, 3.05) is 0 Å². The fraction of sp³-hybridized carbons (Fsp3) is 0.0732. The lowest BCUT2D eigenvalue weighted by atomic mass is 9.82. The Kier molecular flexibility index (Phi) is 4.73. The Balaban J connectivity index is 1.49. The van der Waals surface area contributed by atoms with Gasteiger partial charge in [0.05, 0.1) is 11.0 Å². The van der Waals surface area contributed by atoms with Crippen LogP contribution in [0.15, 0.2) is 140 Å². The molecule has 1 aliphatic carbocycles. The minimum Gasteiger partial charge on any atom is -0.309 e. The quantitative estimate of drug-likeness (QED) is 0.194. The fourth-order valence-electron chi connectivity index (χ4n) is 7.65. The molecule has 1 heteroatoms. The van der Waals surface area contributed by atoms with E-state index in [4.69, 9.17) is 0 Å². The van der Waals surface area contributed by atoms with Crippen LogP contribution in [0.1, 0.15) is 25.0 Å². The maximum Gasteiger partial charge on any atom is 0.0626 e. The van der Waals surface area contributed by atoms with Crippen molar-refractivity contribution < 1.29 is 0 Å². The molecule has 0 fully saturated rings. The average Bonchev–Trinajstić information content (AvgIpc) is 3.52. The van der Waals surface area contributed by atoms with Crippen LogP contribution >= 0.6 is 0 Å². The van der Waals surface area contributed by atoms with Gasteiger partial charge in [-0.05, 0) is 67.7 Å². The molecule has 0 spiro atoms. The molecule has 0 amide bonds. The van der Waals surface area contributed by atoms with Crippen molar-refractivity contribution in [2.45, 2.75) is 19.3 Å². The molecule has 0 saturated carbocycles. The van der Waals surface area contributed by atoms with Crippen molar-refractivity contribution in [3.05, 3.63) is 151 Å². The van der Waals surface area contributed by atoms with Gasteiger partial charge in [-0.15, -0.1) is 0 Å². The van der Waals surface area contributed by atoms with Gasteiger partial charge in [0.2, 0.25) is 0 Å². The summed E-state index contributed by atoms with van der Waals surface area (Å²) in [5, 5.41) is 7.90. The van der Waals surface area contributed by atoms with Gasteiger partial charge < -0.3 is 4.57 Å². The van der Waals surface area contributed by atoms with Crippen molar-refractivity contribution >= 4 is 43.4 Å². The third-order valence-corrected chi connectivity index (χ3v) is 9.58. The van der Waals surface area contributed by atoms with E-state index in [1.54, 1.807) is 0 Å². The topological polar surface area (TPSA) is 4.93 Å². The predicted molar refractivity (Wildman–Crippen MR) is 179 cm³/mol. The summed E-state index contributed by atoms with van der Waals surface area (Å²) in [6, 6.07) is 51.4. The standard InChI is InChI=1S/C41H29N/c1-41(2)34-19-11-10-18-33(34)37-35(41)24-25-36-39(37)38-31-16-8-6-14-29(31)30-15-7-9-17-32(30)40(38)42(36)28-22-20-27(21-23-28)26-12-4-3-5-13-26/h3-25H,1-2H3. The Hall–Kier alpha value is -5.14. The molecule has 0 aliphatic heterocycles. The summed E-state index contributed by atoms with van der Waals surface area (Å²) >= 11 is 0. The third-order valence-electron chi connectivity index (χ3n) is 9.58. The maximum absolute atomic E-state index is 2.52. The predicted octanol–water partition coefficient (Wildman–Crippen LogP) is 11.1. The highest BCUT2D eigenvalue weighted by atomic mass is 15.0. The minimum atomic E-state index is -0.0570. The first-order valence-electron chi connectivity index (χ1n) is 14.8. The molecule has 0 radical (unpaired) electrons. The lowest BCUT2D eigenvalue weighted by Gasteiger charge is -2.21. The zero-order chi connectivity index (χ0) is 28.0. The van der Waals surface area contributed by atoms with E-state index in [1.807, 2.05) is 0 Å². The van der Waals surface area contributed by atoms with E-state index in [-0.39, 0.29) is 5.41 Å². The molecule has 0 atom stereocenters. The van der Waals surface area contributed by atoms with E-state index in [1.165, 1.54) is 82.4 Å². The molecule has 0 unspecified atom stereocenters. The Bertz CT molecular complexity index is 2350. The van der Waals surface area contributed by atoms with Crippen LogP contribution in [0.5, 0.6) is 0 Å². The van der Waals surface area contributed by atoms with Crippen LogP contribution in [-0.2, 0) is 5.41 Å². The highest BCUT2D eigenvalue weighted by molar-refractivity contribution is 6.34. The molecular weight excluding hydrogens is 506 g/mol. The first kappa shape index (κ1) is 23.6. The van der Waals surface area contributed by atoms with Crippen molar-refractivity contribution in [1.29, 1.82) is 0 Å². The highest BCUT2D eigenvalue weighted by Crippen LogP contribution is 2.54. The molecule has 198 valence electrons. The lowest BCUT2D eigenvalue weighted by Crippen LogP contribution is -2.14. The molecule has 0 saturated heterocycles. The van der Waals surface area contributed by atoms with Gasteiger partial charge in [-0.1, -0.05) is 135 Å². The Morgan fingerprint density at radius 2 is 1.05 bits per heavy atom. The van der Waals surface area contributed by atoms with Crippen LogP contribution in [0.4, 0.5) is 0 Å². The second-order valence-electron chi connectivity index (χ2n) is 12.1. The molecular formula is C41H29N. The normalized spacial score (nSPS) is 13.7. The van der Waals surface area contributed by atoms with Gasteiger partial charge in [-0.3, -0.25) is 0 Å². The van der Waals surface area contributed by atoms with E-state index in [2.05, 4.69) is 158 Å². The summed E-state index contributed by atoms with van der Waals surface area (Å²) in [5.41, 5.74) is 11.7. The van der Waals surface area contributed by atoms with Gasteiger partial charge in [-0.25, -0.2) is 0 Å². The maximum atomic E-state index is 2.52. The molecule has 0 bridgehead atoms. The van der Waals surface area contributed by atoms with Crippen molar-refractivity contribution in [1.82, 2.24) is 4.57 Å². The van der Waals surface area contributed by atoms with Gasteiger partial charge in [0.25, 0.3) is 0 Å². The summed E-state index contributed by atoms with van der Waals surface area (Å²) < 4.78 is 2.52. The summed E-state index contributed by atoms with van der Waals surface area (Å²) in [6.45, 7) is 4.75. The van der Waals surface area contributed by atoms with E-state index in [9.17, 15) is 0 Å². The van der Waals surface area contributed by atoms with Crippen LogP contribution in [0.25, 0.3) is 71.3 Å². The van der Waals surface area contributed by atoms with Gasteiger partial charge in [0, 0.05) is 27.3 Å². The molecule has 1 heterocycles. The molecule has 1 aliphatic rings. The monoisotopic (exact) mass is 535 g/mol. The average molecular weight is 536 g/mol. The number of fused-ring (bicyclic) bond motifs is 12. The number of benzene rings is 7. The summed E-state index contributed by atoms with van der Waals surface area (Å²) in [6.07, 6.45) is 0. The van der Waals surface area contributed by atoms with E-state index < -0.39 is 0 Å². The van der Waals surface area contributed by atoms with Crippen LogP contribution in [-0.4, -0.2) is 4.57 Å². The minimum absolute atomic E-state index is 0.0570. The number of hydrogen-bond donors (Lipinski definition) is 0. The summed E-state index contributed by atoms with van der Waals surface area (Å²) in [7, 11) is 0. The van der Waals surface area contributed by atoms with Crippen LogP contribution in [0.2, 0.25) is 0 Å². The number of rotatable bonds is 2. The molecule has 42 heavy (non-hydrogen) atoms. The van der Waals surface area contributed by atoms with Gasteiger partial charge in [0.15, 0.2) is 0 Å². The second kappa shape index (κ2) is 8.44. The Morgan fingerprint density at radius 1 is 0.452 bits per heavy atom. The van der Waals surface area contributed by atoms with E-state index >= 15 is 0 Å². The van der Waals surface area contributed by atoms with Crippen molar-refractivity contribution in [2.24, 2.45) is 0 Å². The van der Waals surface area contributed by atoms with Crippen LogP contribution in [0, 0.1) is 0 Å². The molecule has 7 aromatic carbocycles. The van der Waals surface area contributed by atoms with Crippen molar-refractivity contribution in [3.63, 3.8) is 0 Å².